The summed E-state index contributed by atoms with van der Waals surface area (Å²) in [5.41, 5.74) is -0.525. The third-order valence-corrected chi connectivity index (χ3v) is 4.86. The van der Waals surface area contributed by atoms with Gasteiger partial charge in [-0.1, -0.05) is 27.7 Å². The first-order chi connectivity index (χ1) is 13.4. The Balaban J connectivity index is 2.50. The topological polar surface area (TPSA) is 95.1 Å². The number of amides is 2. The van der Waals surface area contributed by atoms with Gasteiger partial charge in [-0.3, -0.25) is 9.79 Å². The molecule has 0 spiro atoms. The molecule has 8 nitrogen and oxygen atoms in total. The first kappa shape index (κ1) is 25.0. The molecule has 1 saturated heterocycles. The number of alkyl carbamates (subject to hydrolysis) is 1. The number of nitrogens with one attached hydrogen (secondary N) is 3. The molecule has 1 aliphatic rings. The van der Waals surface area contributed by atoms with E-state index in [1.54, 1.807) is 7.05 Å². The van der Waals surface area contributed by atoms with Crippen LogP contribution in [0.2, 0.25) is 0 Å². The number of nitrogens with zero attached hydrogens (tertiary/aromatic N) is 2. The second kappa shape index (κ2) is 11.3. The summed E-state index contributed by atoms with van der Waals surface area (Å²) in [7, 11) is 1.73. The predicted octanol–water partition coefficient (Wildman–Crippen LogP) is 2.35. The maximum absolute atomic E-state index is 12.1. The van der Waals surface area contributed by atoms with Crippen molar-refractivity contribution in [2.45, 2.75) is 79.0 Å². The zero-order valence-corrected chi connectivity index (χ0v) is 19.5. The van der Waals surface area contributed by atoms with Crippen LogP contribution in [0.3, 0.4) is 0 Å². The van der Waals surface area contributed by atoms with E-state index in [2.05, 4.69) is 34.8 Å². The SMILES string of the molecule is CN=C(NCC(NC(=O)OC(C)(C)C)C(C)C)NC1CCN(C(=O)C(C)C)CC1. The third kappa shape index (κ3) is 9.37. The average Bonchev–Trinajstić information content (AvgIpc) is 2.62. The Kier molecular flexibility index (Phi) is 9.73. The van der Waals surface area contributed by atoms with Crippen LogP contribution in [-0.2, 0) is 9.53 Å². The number of carbonyl (C=O) groups is 2. The predicted molar refractivity (Wildman–Crippen MR) is 117 cm³/mol. The Morgan fingerprint density at radius 3 is 2.17 bits per heavy atom. The van der Waals surface area contributed by atoms with Crippen LogP contribution in [0.4, 0.5) is 4.79 Å². The Bertz CT molecular complexity index is 561. The van der Waals surface area contributed by atoms with Gasteiger partial charge in [-0.25, -0.2) is 4.79 Å². The van der Waals surface area contributed by atoms with Crippen LogP contribution in [0.25, 0.3) is 0 Å². The van der Waals surface area contributed by atoms with Gasteiger partial charge in [-0.05, 0) is 39.5 Å². The van der Waals surface area contributed by atoms with Crippen molar-refractivity contribution in [1.82, 2.24) is 20.9 Å². The molecule has 2 amide bonds. The van der Waals surface area contributed by atoms with E-state index in [9.17, 15) is 9.59 Å². The van der Waals surface area contributed by atoms with Gasteiger partial charge in [-0.15, -0.1) is 0 Å². The Hall–Kier alpha value is -1.99. The van der Waals surface area contributed by atoms with Crippen molar-refractivity contribution in [3.63, 3.8) is 0 Å². The van der Waals surface area contributed by atoms with Crippen molar-refractivity contribution in [3.8, 4) is 0 Å². The molecule has 0 radical (unpaired) electrons. The molecule has 1 heterocycles. The lowest BCUT2D eigenvalue weighted by Crippen LogP contribution is -2.53. The van der Waals surface area contributed by atoms with Crippen LogP contribution in [0.1, 0.15) is 61.3 Å². The van der Waals surface area contributed by atoms with E-state index in [-0.39, 0.29) is 29.8 Å². The van der Waals surface area contributed by atoms with Crippen LogP contribution < -0.4 is 16.0 Å². The number of hydrogen-bond acceptors (Lipinski definition) is 4. The molecular weight excluding hydrogens is 370 g/mol. The number of likely N-dealkylation sites (tertiary alicyclic amines) is 1. The second-order valence-electron chi connectivity index (χ2n) is 9.35. The number of rotatable bonds is 6. The number of aliphatic imine (C=N–C) groups is 1. The van der Waals surface area contributed by atoms with Crippen LogP contribution in [-0.4, -0.2) is 67.2 Å². The molecule has 1 aliphatic heterocycles. The molecule has 1 rings (SSSR count). The van der Waals surface area contributed by atoms with Gasteiger partial charge >= 0.3 is 6.09 Å². The van der Waals surface area contributed by atoms with Gasteiger partial charge in [0.05, 0.1) is 6.04 Å². The molecule has 8 heteroatoms. The summed E-state index contributed by atoms with van der Waals surface area (Å²) in [6.45, 7) is 15.6. The summed E-state index contributed by atoms with van der Waals surface area (Å²) in [5.74, 6) is 1.20. The second-order valence-corrected chi connectivity index (χ2v) is 9.35. The molecule has 168 valence electrons. The summed E-state index contributed by atoms with van der Waals surface area (Å²) in [5, 5.41) is 9.68. The summed E-state index contributed by atoms with van der Waals surface area (Å²) >= 11 is 0. The number of ether oxygens (including phenoxy) is 1. The fraction of sp³-hybridized carbons (Fsp3) is 0.857. The molecule has 0 aromatic heterocycles. The zero-order chi connectivity index (χ0) is 22.2. The third-order valence-electron chi connectivity index (χ3n) is 4.86. The molecule has 0 aromatic carbocycles. The van der Waals surface area contributed by atoms with Crippen LogP contribution >= 0.6 is 0 Å². The van der Waals surface area contributed by atoms with E-state index < -0.39 is 11.7 Å². The highest BCUT2D eigenvalue weighted by Crippen LogP contribution is 2.13. The summed E-state index contributed by atoms with van der Waals surface area (Å²) in [6, 6.07) is 0.183. The Morgan fingerprint density at radius 1 is 1.14 bits per heavy atom. The zero-order valence-electron chi connectivity index (χ0n) is 19.5. The Morgan fingerprint density at radius 2 is 1.72 bits per heavy atom. The van der Waals surface area contributed by atoms with Crippen molar-refractivity contribution < 1.29 is 14.3 Å². The van der Waals surface area contributed by atoms with Crippen molar-refractivity contribution in [2.24, 2.45) is 16.8 Å². The molecular formula is C21H41N5O3. The standard InChI is InChI=1S/C21H41N5O3/c1-14(2)17(25-20(28)29-21(5,6)7)13-23-19(22-8)24-16-9-11-26(12-10-16)18(27)15(3)4/h14-17H,9-13H2,1-8H3,(H,25,28)(H2,22,23,24). The van der Waals surface area contributed by atoms with Crippen molar-refractivity contribution in [1.29, 1.82) is 0 Å². The van der Waals surface area contributed by atoms with Gasteiger partial charge < -0.3 is 25.6 Å². The highest BCUT2D eigenvalue weighted by molar-refractivity contribution is 5.80. The van der Waals surface area contributed by atoms with Crippen LogP contribution in [0, 0.1) is 11.8 Å². The fourth-order valence-corrected chi connectivity index (χ4v) is 3.12. The highest BCUT2D eigenvalue weighted by atomic mass is 16.6. The van der Waals surface area contributed by atoms with Gasteiger partial charge in [-0.2, -0.15) is 0 Å². The summed E-state index contributed by atoms with van der Waals surface area (Å²) < 4.78 is 5.36. The largest absolute Gasteiger partial charge is 0.444 e. The van der Waals surface area contributed by atoms with Gasteiger partial charge in [0.1, 0.15) is 5.60 Å². The maximum Gasteiger partial charge on any atom is 0.407 e. The first-order valence-electron chi connectivity index (χ1n) is 10.7. The Labute approximate surface area is 176 Å². The molecule has 0 bridgehead atoms. The quantitative estimate of drug-likeness (QED) is 0.461. The minimum Gasteiger partial charge on any atom is -0.444 e. The van der Waals surface area contributed by atoms with Gasteiger partial charge in [0.2, 0.25) is 5.91 Å². The van der Waals surface area contributed by atoms with Crippen molar-refractivity contribution in [3.05, 3.63) is 0 Å². The van der Waals surface area contributed by atoms with Gasteiger partial charge in [0.25, 0.3) is 0 Å². The molecule has 29 heavy (non-hydrogen) atoms. The lowest BCUT2D eigenvalue weighted by molar-refractivity contribution is -0.135. The van der Waals surface area contributed by atoms with E-state index in [1.165, 1.54) is 0 Å². The highest BCUT2D eigenvalue weighted by Gasteiger charge is 2.25. The molecule has 1 fully saturated rings. The lowest BCUT2D eigenvalue weighted by Gasteiger charge is -2.34. The molecule has 0 aromatic rings. The molecule has 1 atom stereocenters. The monoisotopic (exact) mass is 411 g/mol. The lowest BCUT2D eigenvalue weighted by atomic mass is 10.0. The van der Waals surface area contributed by atoms with E-state index in [0.29, 0.717) is 12.5 Å². The van der Waals surface area contributed by atoms with Crippen LogP contribution in [0.5, 0.6) is 0 Å². The molecule has 0 saturated carbocycles. The number of carbonyl (C=O) groups excluding carboxylic acids is 2. The number of hydrogen-bond donors (Lipinski definition) is 3. The van der Waals surface area contributed by atoms with Crippen molar-refractivity contribution >= 4 is 18.0 Å². The van der Waals surface area contributed by atoms with Crippen molar-refractivity contribution in [2.75, 3.05) is 26.7 Å². The maximum atomic E-state index is 12.1. The first-order valence-corrected chi connectivity index (χ1v) is 10.7. The van der Waals surface area contributed by atoms with E-state index in [1.807, 2.05) is 39.5 Å². The van der Waals surface area contributed by atoms with E-state index in [0.717, 1.165) is 25.9 Å². The molecule has 0 aliphatic carbocycles. The van der Waals surface area contributed by atoms with E-state index >= 15 is 0 Å². The molecule has 3 N–H and O–H groups in total. The van der Waals surface area contributed by atoms with Gasteiger partial charge in [0.15, 0.2) is 5.96 Å². The average molecular weight is 412 g/mol. The van der Waals surface area contributed by atoms with E-state index in [4.69, 9.17) is 4.74 Å². The summed E-state index contributed by atoms with van der Waals surface area (Å²) in [4.78, 5) is 30.5. The molecule has 1 unspecified atom stereocenters. The minimum absolute atomic E-state index is 0.0411. The number of guanidine groups is 1. The van der Waals surface area contributed by atoms with Crippen LogP contribution in [0.15, 0.2) is 4.99 Å². The minimum atomic E-state index is -0.525. The fourth-order valence-electron chi connectivity index (χ4n) is 3.12. The number of piperidine rings is 1. The normalized spacial score (nSPS) is 17.3. The summed E-state index contributed by atoms with van der Waals surface area (Å²) in [6.07, 6.45) is 1.37. The van der Waals surface area contributed by atoms with Gasteiger partial charge in [0, 0.05) is 38.6 Å². The smallest absolute Gasteiger partial charge is 0.407 e.